The van der Waals surface area contributed by atoms with Crippen molar-refractivity contribution in [3.8, 4) is 11.3 Å². The third kappa shape index (κ3) is 2.86. The van der Waals surface area contributed by atoms with E-state index in [2.05, 4.69) is 27.3 Å². The number of hydrogen-bond acceptors (Lipinski definition) is 3. The van der Waals surface area contributed by atoms with Crippen molar-refractivity contribution < 1.29 is 0 Å². The normalized spacial score (nSPS) is 10.9. The van der Waals surface area contributed by atoms with Gasteiger partial charge in [0.15, 0.2) is 0 Å². The van der Waals surface area contributed by atoms with Crippen molar-refractivity contribution in [3.05, 3.63) is 89.3 Å². The van der Waals surface area contributed by atoms with Crippen LogP contribution in [-0.2, 0) is 6.42 Å². The van der Waals surface area contributed by atoms with E-state index in [1.54, 1.807) is 12.4 Å². The van der Waals surface area contributed by atoms with Gasteiger partial charge in [-0.2, -0.15) is 5.10 Å². The van der Waals surface area contributed by atoms with E-state index in [0.29, 0.717) is 5.02 Å². The first-order chi connectivity index (χ1) is 11.8. The van der Waals surface area contributed by atoms with Gasteiger partial charge in [-0.25, -0.2) is 0 Å². The highest BCUT2D eigenvalue weighted by Crippen LogP contribution is 2.29. The molecule has 0 radical (unpaired) electrons. The first-order valence-corrected chi connectivity index (χ1v) is 8.08. The molecule has 0 unspecified atom stereocenters. The monoisotopic (exact) mass is 331 g/mol. The number of halogens is 1. The SMILES string of the molecule is Clc1ccc(-c2nnc(Cc3ccncc3)c3ccccc23)cc1. The van der Waals surface area contributed by atoms with Gasteiger partial charge < -0.3 is 0 Å². The second-order valence-electron chi connectivity index (χ2n) is 5.58. The minimum atomic E-state index is 0.713. The van der Waals surface area contributed by atoms with Gasteiger partial charge in [0.25, 0.3) is 0 Å². The third-order valence-corrected chi connectivity index (χ3v) is 4.25. The number of nitrogens with zero attached hydrogens (tertiary/aromatic N) is 3. The number of fused-ring (bicyclic) bond motifs is 1. The first-order valence-electron chi connectivity index (χ1n) is 7.70. The zero-order valence-electron chi connectivity index (χ0n) is 12.9. The molecule has 0 saturated heterocycles. The molecule has 24 heavy (non-hydrogen) atoms. The number of hydrogen-bond donors (Lipinski definition) is 0. The van der Waals surface area contributed by atoms with Crippen LogP contribution in [0.2, 0.25) is 5.02 Å². The summed E-state index contributed by atoms with van der Waals surface area (Å²) in [5.74, 6) is 0. The van der Waals surface area contributed by atoms with E-state index in [1.807, 2.05) is 48.5 Å². The third-order valence-electron chi connectivity index (χ3n) is 4.00. The van der Waals surface area contributed by atoms with Crippen LogP contribution in [0.5, 0.6) is 0 Å². The fourth-order valence-corrected chi connectivity index (χ4v) is 2.93. The standard InChI is InChI=1S/C20H14ClN3/c21-16-7-5-15(6-8-16)20-18-4-2-1-3-17(18)19(23-24-20)13-14-9-11-22-12-10-14/h1-12H,13H2. The lowest BCUT2D eigenvalue weighted by molar-refractivity contribution is 0.961. The molecule has 2 aromatic heterocycles. The van der Waals surface area contributed by atoms with Gasteiger partial charge in [-0.05, 0) is 29.8 Å². The molecular formula is C20H14ClN3. The Kier molecular flexibility index (Phi) is 3.93. The van der Waals surface area contributed by atoms with Crippen LogP contribution in [0.3, 0.4) is 0 Å². The summed E-state index contributed by atoms with van der Waals surface area (Å²) in [5, 5.41) is 11.9. The highest BCUT2D eigenvalue weighted by Gasteiger charge is 2.11. The van der Waals surface area contributed by atoms with Crippen LogP contribution in [0.15, 0.2) is 73.1 Å². The van der Waals surface area contributed by atoms with Gasteiger partial charge in [-0.1, -0.05) is 48.0 Å². The van der Waals surface area contributed by atoms with Gasteiger partial charge in [0, 0.05) is 40.2 Å². The summed E-state index contributed by atoms with van der Waals surface area (Å²) in [6.07, 6.45) is 4.33. The lowest BCUT2D eigenvalue weighted by Gasteiger charge is -2.09. The van der Waals surface area contributed by atoms with Crippen LogP contribution in [0.25, 0.3) is 22.0 Å². The molecule has 0 saturated carbocycles. The molecule has 0 N–H and O–H groups in total. The molecule has 2 heterocycles. The van der Waals surface area contributed by atoms with E-state index in [-0.39, 0.29) is 0 Å². The molecule has 0 bridgehead atoms. The number of pyridine rings is 1. The van der Waals surface area contributed by atoms with E-state index >= 15 is 0 Å². The van der Waals surface area contributed by atoms with Gasteiger partial charge >= 0.3 is 0 Å². The molecule has 4 heteroatoms. The smallest absolute Gasteiger partial charge is 0.101 e. The topological polar surface area (TPSA) is 38.7 Å². The molecule has 0 aliphatic rings. The molecule has 4 rings (SSSR count). The Bertz CT molecular complexity index is 983. The molecule has 0 amide bonds. The van der Waals surface area contributed by atoms with Crippen LogP contribution in [0, 0.1) is 0 Å². The molecular weight excluding hydrogens is 318 g/mol. The summed E-state index contributed by atoms with van der Waals surface area (Å²) < 4.78 is 0. The second-order valence-corrected chi connectivity index (χ2v) is 6.02. The molecule has 4 aromatic rings. The fraction of sp³-hybridized carbons (Fsp3) is 0.0500. The maximum atomic E-state index is 5.99. The average Bonchev–Trinajstić information content (AvgIpc) is 2.64. The van der Waals surface area contributed by atoms with Crippen molar-refractivity contribution in [2.75, 3.05) is 0 Å². The molecule has 0 spiro atoms. The lowest BCUT2D eigenvalue weighted by atomic mass is 10.0. The Balaban J connectivity index is 1.84. The van der Waals surface area contributed by atoms with Crippen molar-refractivity contribution in [1.82, 2.24) is 15.2 Å². The largest absolute Gasteiger partial charge is 0.265 e. The Labute approximate surface area is 145 Å². The average molecular weight is 332 g/mol. The van der Waals surface area contributed by atoms with Crippen molar-refractivity contribution in [2.45, 2.75) is 6.42 Å². The van der Waals surface area contributed by atoms with Crippen LogP contribution < -0.4 is 0 Å². The molecule has 0 aliphatic carbocycles. The Morgan fingerprint density at radius 1 is 0.750 bits per heavy atom. The summed E-state index contributed by atoms with van der Waals surface area (Å²) in [4.78, 5) is 4.06. The fourth-order valence-electron chi connectivity index (χ4n) is 2.80. The minimum Gasteiger partial charge on any atom is -0.265 e. The summed E-state index contributed by atoms with van der Waals surface area (Å²) in [6, 6.07) is 19.9. The number of aromatic nitrogens is 3. The van der Waals surface area contributed by atoms with Crippen molar-refractivity contribution in [2.24, 2.45) is 0 Å². The molecule has 116 valence electrons. The summed E-state index contributed by atoms with van der Waals surface area (Å²) in [7, 11) is 0. The maximum Gasteiger partial charge on any atom is 0.101 e. The highest BCUT2D eigenvalue weighted by atomic mass is 35.5. The van der Waals surface area contributed by atoms with Crippen LogP contribution in [0.1, 0.15) is 11.3 Å². The molecule has 3 nitrogen and oxygen atoms in total. The van der Waals surface area contributed by atoms with Gasteiger partial charge in [0.1, 0.15) is 5.69 Å². The van der Waals surface area contributed by atoms with E-state index in [9.17, 15) is 0 Å². The summed E-state index contributed by atoms with van der Waals surface area (Å²) >= 11 is 5.99. The van der Waals surface area contributed by atoms with Crippen molar-refractivity contribution >= 4 is 22.4 Å². The number of benzene rings is 2. The van der Waals surface area contributed by atoms with Crippen LogP contribution in [0.4, 0.5) is 0 Å². The molecule has 0 atom stereocenters. The highest BCUT2D eigenvalue weighted by molar-refractivity contribution is 6.30. The predicted octanol–water partition coefficient (Wildman–Crippen LogP) is 4.94. The minimum absolute atomic E-state index is 0.713. The quantitative estimate of drug-likeness (QED) is 0.534. The summed E-state index contributed by atoms with van der Waals surface area (Å²) in [6.45, 7) is 0. The predicted molar refractivity (Wildman–Crippen MR) is 97.0 cm³/mol. The zero-order chi connectivity index (χ0) is 16.4. The second kappa shape index (κ2) is 6.38. The van der Waals surface area contributed by atoms with E-state index in [1.165, 1.54) is 5.56 Å². The van der Waals surface area contributed by atoms with E-state index < -0.39 is 0 Å². The van der Waals surface area contributed by atoms with Crippen LogP contribution >= 0.6 is 11.6 Å². The van der Waals surface area contributed by atoms with Crippen molar-refractivity contribution in [1.29, 1.82) is 0 Å². The Morgan fingerprint density at radius 3 is 2.21 bits per heavy atom. The Morgan fingerprint density at radius 2 is 1.46 bits per heavy atom. The number of rotatable bonds is 3. The van der Waals surface area contributed by atoms with Crippen LogP contribution in [-0.4, -0.2) is 15.2 Å². The molecule has 0 fully saturated rings. The summed E-state index contributed by atoms with van der Waals surface area (Å²) in [5.41, 5.74) is 4.03. The van der Waals surface area contributed by atoms with Gasteiger partial charge in [0.2, 0.25) is 0 Å². The zero-order valence-corrected chi connectivity index (χ0v) is 13.6. The van der Waals surface area contributed by atoms with Gasteiger partial charge in [-0.15, -0.1) is 5.10 Å². The van der Waals surface area contributed by atoms with E-state index in [4.69, 9.17) is 11.6 Å². The molecule has 2 aromatic carbocycles. The lowest BCUT2D eigenvalue weighted by Crippen LogP contribution is -1.99. The Hall–Kier alpha value is -2.78. The molecule has 0 aliphatic heterocycles. The van der Waals surface area contributed by atoms with E-state index in [0.717, 1.165) is 34.1 Å². The maximum absolute atomic E-state index is 5.99. The van der Waals surface area contributed by atoms with Gasteiger partial charge in [-0.3, -0.25) is 4.98 Å². The van der Waals surface area contributed by atoms with Gasteiger partial charge in [0.05, 0.1) is 5.69 Å². The van der Waals surface area contributed by atoms with Crippen molar-refractivity contribution in [3.63, 3.8) is 0 Å². The first kappa shape index (κ1) is 14.8.